The molecular weight excluding hydrogens is 256 g/mol. The molecule has 0 spiro atoms. The molecule has 0 radical (unpaired) electrons. The van der Waals surface area contributed by atoms with Gasteiger partial charge in [0.25, 0.3) is 0 Å². The summed E-state index contributed by atoms with van der Waals surface area (Å²) in [6.45, 7) is 6.72. The zero-order valence-corrected chi connectivity index (χ0v) is 11.0. The first-order valence-electron chi connectivity index (χ1n) is 4.74. The SMILES string of the molecule is CC1=C(C)C(C)c2cc(Br)ccc2S1. The van der Waals surface area contributed by atoms with Crippen molar-refractivity contribution < 1.29 is 0 Å². The Kier molecular flexibility index (Phi) is 2.76. The summed E-state index contributed by atoms with van der Waals surface area (Å²) in [6, 6.07) is 6.56. The first-order valence-corrected chi connectivity index (χ1v) is 6.35. The lowest BCUT2D eigenvalue weighted by atomic mass is 9.93. The molecule has 1 heterocycles. The second-order valence-electron chi connectivity index (χ2n) is 3.75. The molecule has 0 bridgehead atoms. The van der Waals surface area contributed by atoms with Gasteiger partial charge in [-0.1, -0.05) is 40.2 Å². The highest BCUT2D eigenvalue weighted by molar-refractivity contribution is 9.10. The molecule has 1 atom stereocenters. The van der Waals surface area contributed by atoms with Crippen LogP contribution in [0.3, 0.4) is 0 Å². The Morgan fingerprint density at radius 1 is 1.29 bits per heavy atom. The van der Waals surface area contributed by atoms with Gasteiger partial charge in [-0.15, -0.1) is 0 Å². The second-order valence-corrected chi connectivity index (χ2v) is 5.92. The van der Waals surface area contributed by atoms with E-state index in [-0.39, 0.29) is 0 Å². The van der Waals surface area contributed by atoms with Gasteiger partial charge in [0.2, 0.25) is 0 Å². The summed E-state index contributed by atoms with van der Waals surface area (Å²) in [7, 11) is 0. The van der Waals surface area contributed by atoms with Crippen LogP contribution in [-0.4, -0.2) is 0 Å². The van der Waals surface area contributed by atoms with E-state index >= 15 is 0 Å². The lowest BCUT2D eigenvalue weighted by Crippen LogP contribution is -2.03. The van der Waals surface area contributed by atoms with E-state index in [2.05, 4.69) is 54.9 Å². The van der Waals surface area contributed by atoms with Crippen molar-refractivity contribution in [2.24, 2.45) is 0 Å². The molecular formula is C12H13BrS. The van der Waals surface area contributed by atoms with Crippen molar-refractivity contribution in [1.82, 2.24) is 0 Å². The second kappa shape index (κ2) is 3.74. The van der Waals surface area contributed by atoms with Gasteiger partial charge < -0.3 is 0 Å². The van der Waals surface area contributed by atoms with E-state index in [4.69, 9.17) is 0 Å². The molecule has 1 aromatic rings. The zero-order valence-electron chi connectivity index (χ0n) is 8.60. The van der Waals surface area contributed by atoms with Crippen molar-refractivity contribution in [2.45, 2.75) is 31.6 Å². The van der Waals surface area contributed by atoms with Gasteiger partial charge in [0.05, 0.1) is 0 Å². The molecule has 0 amide bonds. The molecule has 74 valence electrons. The molecule has 14 heavy (non-hydrogen) atoms. The van der Waals surface area contributed by atoms with E-state index in [9.17, 15) is 0 Å². The molecule has 0 fully saturated rings. The summed E-state index contributed by atoms with van der Waals surface area (Å²) in [5.74, 6) is 0.559. The standard InChI is InChI=1S/C12H13BrS/c1-7-8(2)11-6-10(13)4-5-12(11)14-9(7)3/h4-6,8H,1-3H3. The summed E-state index contributed by atoms with van der Waals surface area (Å²) < 4.78 is 1.18. The van der Waals surface area contributed by atoms with Crippen LogP contribution in [0.25, 0.3) is 0 Å². The molecule has 1 aromatic carbocycles. The maximum atomic E-state index is 3.53. The Morgan fingerprint density at radius 3 is 2.71 bits per heavy atom. The van der Waals surface area contributed by atoms with E-state index in [1.165, 1.54) is 25.4 Å². The maximum absolute atomic E-state index is 3.53. The maximum Gasteiger partial charge on any atom is 0.0179 e. The molecule has 1 unspecified atom stereocenters. The molecule has 1 aliphatic rings. The first-order chi connectivity index (χ1) is 6.59. The van der Waals surface area contributed by atoms with Gasteiger partial charge in [-0.05, 0) is 42.5 Å². The highest BCUT2D eigenvalue weighted by atomic mass is 79.9. The normalized spacial score (nSPS) is 21.0. The highest BCUT2D eigenvalue weighted by Crippen LogP contribution is 2.44. The summed E-state index contributed by atoms with van der Waals surface area (Å²) in [5, 5.41) is 0. The Labute approximate surface area is 97.9 Å². The van der Waals surface area contributed by atoms with Crippen molar-refractivity contribution in [3.63, 3.8) is 0 Å². The Balaban J connectivity index is 2.54. The number of benzene rings is 1. The average Bonchev–Trinajstić information content (AvgIpc) is 2.16. The fourth-order valence-electron chi connectivity index (χ4n) is 1.73. The Bertz CT molecular complexity index is 407. The molecule has 0 N–H and O–H groups in total. The summed E-state index contributed by atoms with van der Waals surface area (Å²) >= 11 is 5.42. The van der Waals surface area contributed by atoms with Gasteiger partial charge in [-0.2, -0.15) is 0 Å². The molecule has 2 heteroatoms. The van der Waals surface area contributed by atoms with Crippen LogP contribution in [0.1, 0.15) is 32.3 Å². The Morgan fingerprint density at radius 2 is 2.00 bits per heavy atom. The lowest BCUT2D eigenvalue weighted by molar-refractivity contribution is 0.853. The molecule has 0 saturated carbocycles. The number of fused-ring (bicyclic) bond motifs is 1. The van der Waals surface area contributed by atoms with Gasteiger partial charge in [0, 0.05) is 15.3 Å². The predicted molar refractivity (Wildman–Crippen MR) is 66.8 cm³/mol. The summed E-state index contributed by atoms with van der Waals surface area (Å²) in [6.07, 6.45) is 0. The Hall–Kier alpha value is -0.210. The van der Waals surface area contributed by atoms with Crippen LogP contribution in [0.15, 0.2) is 38.0 Å². The van der Waals surface area contributed by atoms with Crippen LogP contribution in [0.2, 0.25) is 0 Å². The van der Waals surface area contributed by atoms with Crippen LogP contribution in [0, 0.1) is 0 Å². The van der Waals surface area contributed by atoms with Gasteiger partial charge in [0.15, 0.2) is 0 Å². The van der Waals surface area contributed by atoms with E-state index in [0.29, 0.717) is 5.92 Å². The third-order valence-electron chi connectivity index (χ3n) is 2.91. The van der Waals surface area contributed by atoms with Gasteiger partial charge >= 0.3 is 0 Å². The van der Waals surface area contributed by atoms with E-state index in [1.807, 2.05) is 11.8 Å². The third-order valence-corrected chi connectivity index (χ3v) is 4.62. The van der Waals surface area contributed by atoms with E-state index < -0.39 is 0 Å². The van der Waals surface area contributed by atoms with Crippen LogP contribution in [-0.2, 0) is 0 Å². The number of allylic oxidation sites excluding steroid dienone is 2. The molecule has 0 nitrogen and oxygen atoms in total. The summed E-state index contributed by atoms with van der Waals surface area (Å²) in [5.41, 5.74) is 2.95. The number of thioether (sulfide) groups is 1. The number of rotatable bonds is 0. The minimum absolute atomic E-state index is 0.559. The number of halogens is 1. The van der Waals surface area contributed by atoms with Gasteiger partial charge in [-0.25, -0.2) is 0 Å². The topological polar surface area (TPSA) is 0 Å². The van der Waals surface area contributed by atoms with Gasteiger partial charge in [0.1, 0.15) is 0 Å². The van der Waals surface area contributed by atoms with Crippen LogP contribution in [0.5, 0.6) is 0 Å². The monoisotopic (exact) mass is 268 g/mol. The smallest absolute Gasteiger partial charge is 0.0179 e. The molecule has 0 saturated heterocycles. The molecule has 0 aliphatic carbocycles. The molecule has 0 aromatic heterocycles. The van der Waals surface area contributed by atoms with E-state index in [1.54, 1.807) is 0 Å². The largest absolute Gasteiger partial charge is 0.0946 e. The summed E-state index contributed by atoms with van der Waals surface area (Å²) in [4.78, 5) is 2.86. The minimum Gasteiger partial charge on any atom is -0.0946 e. The van der Waals surface area contributed by atoms with Crippen LogP contribution < -0.4 is 0 Å². The highest BCUT2D eigenvalue weighted by Gasteiger charge is 2.20. The predicted octanol–water partition coefficient (Wildman–Crippen LogP) is 4.95. The van der Waals surface area contributed by atoms with Gasteiger partial charge in [-0.3, -0.25) is 0 Å². The van der Waals surface area contributed by atoms with Crippen molar-refractivity contribution in [3.8, 4) is 0 Å². The fraction of sp³-hybridized carbons (Fsp3) is 0.333. The average molecular weight is 269 g/mol. The van der Waals surface area contributed by atoms with Crippen molar-refractivity contribution in [2.75, 3.05) is 0 Å². The van der Waals surface area contributed by atoms with E-state index in [0.717, 1.165) is 0 Å². The number of hydrogen-bond acceptors (Lipinski definition) is 1. The van der Waals surface area contributed by atoms with Crippen molar-refractivity contribution in [1.29, 1.82) is 0 Å². The van der Waals surface area contributed by atoms with Crippen LogP contribution >= 0.6 is 27.7 Å². The first kappa shape index (κ1) is 10.3. The number of hydrogen-bond donors (Lipinski definition) is 0. The molecule has 2 rings (SSSR count). The minimum atomic E-state index is 0.559. The van der Waals surface area contributed by atoms with Crippen LogP contribution in [0.4, 0.5) is 0 Å². The lowest BCUT2D eigenvalue weighted by Gasteiger charge is -2.24. The third kappa shape index (κ3) is 1.66. The quantitative estimate of drug-likeness (QED) is 0.642. The zero-order chi connectivity index (χ0) is 10.3. The fourth-order valence-corrected chi connectivity index (χ4v) is 3.27. The van der Waals surface area contributed by atoms with Crippen molar-refractivity contribution >= 4 is 27.7 Å². The van der Waals surface area contributed by atoms with Crippen molar-refractivity contribution in [3.05, 3.63) is 38.7 Å². The molecule has 1 aliphatic heterocycles.